The first-order chi connectivity index (χ1) is 12.5. The summed E-state index contributed by atoms with van der Waals surface area (Å²) in [5.74, 6) is 1.29. The molecule has 0 saturated carbocycles. The Labute approximate surface area is 161 Å². The molecular formula is C19H22N4OS2. The van der Waals surface area contributed by atoms with Crippen molar-refractivity contribution in [3.8, 4) is 0 Å². The molecule has 3 heterocycles. The van der Waals surface area contributed by atoms with Crippen LogP contribution in [0.4, 0.5) is 0 Å². The van der Waals surface area contributed by atoms with Crippen LogP contribution in [0.2, 0.25) is 0 Å². The van der Waals surface area contributed by atoms with E-state index in [2.05, 4.69) is 45.8 Å². The third kappa shape index (κ3) is 3.83. The van der Waals surface area contributed by atoms with Gasteiger partial charge in [-0.3, -0.25) is 4.79 Å². The number of carbonyl (C=O) groups is 1. The Hall–Kier alpha value is -2.12. The van der Waals surface area contributed by atoms with Crippen molar-refractivity contribution in [1.29, 1.82) is 0 Å². The van der Waals surface area contributed by atoms with Crippen molar-refractivity contribution in [2.24, 2.45) is 0 Å². The summed E-state index contributed by atoms with van der Waals surface area (Å²) >= 11 is 3.16. The summed E-state index contributed by atoms with van der Waals surface area (Å²) in [6.07, 6.45) is 1.81. The van der Waals surface area contributed by atoms with E-state index < -0.39 is 0 Å². The Kier molecular flexibility index (Phi) is 5.78. The summed E-state index contributed by atoms with van der Waals surface area (Å²) in [5.41, 5.74) is 2.92. The van der Waals surface area contributed by atoms with E-state index in [4.69, 9.17) is 0 Å². The minimum atomic E-state index is 0.117. The molecule has 0 saturated heterocycles. The highest BCUT2D eigenvalue weighted by molar-refractivity contribution is 7.99. The number of thioether (sulfide) groups is 1. The van der Waals surface area contributed by atoms with Gasteiger partial charge in [-0.2, -0.15) is 0 Å². The fourth-order valence-corrected chi connectivity index (χ4v) is 4.47. The van der Waals surface area contributed by atoms with Crippen LogP contribution in [-0.4, -0.2) is 30.9 Å². The molecule has 0 radical (unpaired) electrons. The molecule has 3 aromatic rings. The van der Waals surface area contributed by atoms with Gasteiger partial charge in [0.25, 0.3) is 0 Å². The number of ketones is 1. The zero-order valence-electron chi connectivity index (χ0n) is 15.2. The topological polar surface area (TPSA) is 52.7 Å². The molecule has 3 rings (SSSR count). The average molecular weight is 387 g/mol. The molecule has 0 atom stereocenters. The molecule has 5 nitrogen and oxygen atoms in total. The van der Waals surface area contributed by atoms with Crippen LogP contribution in [0.5, 0.6) is 0 Å². The predicted molar refractivity (Wildman–Crippen MR) is 107 cm³/mol. The average Bonchev–Trinajstić information content (AvgIpc) is 3.32. The number of hydrogen-bond donors (Lipinski definition) is 0. The molecule has 26 heavy (non-hydrogen) atoms. The van der Waals surface area contributed by atoms with E-state index >= 15 is 0 Å². The zero-order chi connectivity index (χ0) is 18.7. The van der Waals surface area contributed by atoms with Gasteiger partial charge < -0.3 is 9.13 Å². The summed E-state index contributed by atoms with van der Waals surface area (Å²) in [5, 5.41) is 11.1. The molecule has 0 aliphatic rings. The van der Waals surface area contributed by atoms with Gasteiger partial charge in [-0.15, -0.1) is 28.1 Å². The largest absolute Gasteiger partial charge is 0.343 e. The molecular weight excluding hydrogens is 364 g/mol. The maximum Gasteiger partial charge on any atom is 0.191 e. The number of aryl methyl sites for hydroxylation is 2. The Morgan fingerprint density at radius 2 is 2.12 bits per heavy atom. The quantitative estimate of drug-likeness (QED) is 0.329. The third-order valence-corrected chi connectivity index (χ3v) is 6.14. The lowest BCUT2D eigenvalue weighted by molar-refractivity contribution is 0.102. The Morgan fingerprint density at radius 1 is 1.31 bits per heavy atom. The minimum absolute atomic E-state index is 0.117. The Morgan fingerprint density at radius 3 is 2.81 bits per heavy atom. The number of rotatable bonds is 8. The van der Waals surface area contributed by atoms with Crippen LogP contribution in [0.25, 0.3) is 0 Å². The van der Waals surface area contributed by atoms with Gasteiger partial charge in [0.1, 0.15) is 5.82 Å². The van der Waals surface area contributed by atoms with E-state index in [1.54, 1.807) is 17.4 Å². The second-order valence-corrected chi connectivity index (χ2v) is 8.07. The van der Waals surface area contributed by atoms with Gasteiger partial charge in [-0.05, 0) is 38.3 Å². The minimum Gasteiger partial charge on any atom is -0.343 e. The summed E-state index contributed by atoms with van der Waals surface area (Å²) in [6.45, 7) is 11.2. The van der Waals surface area contributed by atoms with Crippen LogP contribution in [0.3, 0.4) is 0 Å². The van der Waals surface area contributed by atoms with E-state index in [-0.39, 0.29) is 5.78 Å². The lowest BCUT2D eigenvalue weighted by Gasteiger charge is -2.08. The lowest BCUT2D eigenvalue weighted by atomic mass is 10.2. The first kappa shape index (κ1) is 18.7. The molecule has 0 aliphatic heterocycles. The van der Waals surface area contributed by atoms with Crippen LogP contribution in [0.1, 0.15) is 32.4 Å². The molecule has 7 heteroatoms. The van der Waals surface area contributed by atoms with Gasteiger partial charge in [-0.1, -0.05) is 23.9 Å². The number of thiophene rings is 1. The highest BCUT2D eigenvalue weighted by Gasteiger charge is 2.18. The van der Waals surface area contributed by atoms with Crippen LogP contribution < -0.4 is 0 Å². The second-order valence-electron chi connectivity index (χ2n) is 6.09. The molecule has 0 bridgehead atoms. The monoisotopic (exact) mass is 386 g/mol. The van der Waals surface area contributed by atoms with E-state index in [1.807, 2.05) is 24.5 Å². The van der Waals surface area contributed by atoms with Crippen molar-refractivity contribution in [2.75, 3.05) is 5.75 Å². The molecule has 0 fully saturated rings. The highest BCUT2D eigenvalue weighted by Crippen LogP contribution is 2.23. The fraction of sp³-hybridized carbons (Fsp3) is 0.316. The molecule has 0 N–H and O–H groups in total. The van der Waals surface area contributed by atoms with Crippen molar-refractivity contribution in [3.05, 3.63) is 63.9 Å². The number of aromatic nitrogens is 4. The second kappa shape index (κ2) is 8.05. The van der Waals surface area contributed by atoms with Gasteiger partial charge in [0.2, 0.25) is 0 Å². The molecule has 3 aromatic heterocycles. The first-order valence-electron chi connectivity index (χ1n) is 8.37. The van der Waals surface area contributed by atoms with Crippen LogP contribution >= 0.6 is 23.1 Å². The summed E-state index contributed by atoms with van der Waals surface area (Å²) in [7, 11) is 0. The van der Waals surface area contributed by atoms with Gasteiger partial charge in [0.05, 0.1) is 12.3 Å². The van der Waals surface area contributed by atoms with Crippen molar-refractivity contribution in [2.45, 2.75) is 39.0 Å². The number of carbonyl (C=O) groups excluding carboxylic acids is 1. The van der Waals surface area contributed by atoms with Gasteiger partial charge in [0.15, 0.2) is 10.9 Å². The van der Waals surface area contributed by atoms with E-state index in [0.717, 1.165) is 34.5 Å². The van der Waals surface area contributed by atoms with Gasteiger partial charge in [0, 0.05) is 28.4 Å². The molecule has 0 spiro atoms. The smallest absolute Gasteiger partial charge is 0.191 e. The first-order valence-corrected chi connectivity index (χ1v) is 10.2. The van der Waals surface area contributed by atoms with Crippen LogP contribution in [0, 0.1) is 20.8 Å². The predicted octanol–water partition coefficient (Wildman–Crippen LogP) is 4.28. The summed E-state index contributed by atoms with van der Waals surface area (Å²) in [4.78, 5) is 14.1. The standard InChI is InChI=1S/C19H22N4OS2/c1-5-8-22-15(4)20-21-19(22)26-12-18(24)17-10-13(2)23(14(17)3)11-16-7-6-9-25-16/h5-7,9-10H,1,8,11-12H2,2-4H3. The van der Waals surface area contributed by atoms with E-state index in [0.29, 0.717) is 12.3 Å². The summed E-state index contributed by atoms with van der Waals surface area (Å²) in [6, 6.07) is 6.17. The molecule has 0 unspecified atom stereocenters. The third-order valence-electron chi connectivity index (χ3n) is 4.31. The van der Waals surface area contributed by atoms with Crippen molar-refractivity contribution in [3.63, 3.8) is 0 Å². The van der Waals surface area contributed by atoms with Gasteiger partial charge in [-0.25, -0.2) is 0 Å². The van der Waals surface area contributed by atoms with Crippen LogP contribution in [0.15, 0.2) is 41.4 Å². The molecule has 0 amide bonds. The van der Waals surface area contributed by atoms with Gasteiger partial charge >= 0.3 is 0 Å². The summed E-state index contributed by atoms with van der Waals surface area (Å²) < 4.78 is 4.17. The zero-order valence-corrected chi connectivity index (χ0v) is 16.9. The SMILES string of the molecule is C=CCn1c(C)nnc1SCC(=O)c1cc(C)n(Cc2cccs2)c1C. The van der Waals surface area contributed by atoms with E-state index in [9.17, 15) is 4.79 Å². The van der Waals surface area contributed by atoms with Crippen molar-refractivity contribution in [1.82, 2.24) is 19.3 Å². The number of hydrogen-bond acceptors (Lipinski definition) is 5. The molecule has 0 aromatic carbocycles. The lowest BCUT2D eigenvalue weighted by Crippen LogP contribution is -2.08. The number of nitrogens with zero attached hydrogens (tertiary/aromatic N) is 4. The Balaban J connectivity index is 1.73. The van der Waals surface area contributed by atoms with E-state index in [1.165, 1.54) is 16.6 Å². The maximum absolute atomic E-state index is 12.8. The molecule has 0 aliphatic carbocycles. The fourth-order valence-electron chi connectivity index (χ4n) is 2.90. The number of Topliss-reactive ketones (excluding diaryl/α,β-unsaturated/α-hetero) is 1. The van der Waals surface area contributed by atoms with Crippen LogP contribution in [-0.2, 0) is 13.1 Å². The normalized spacial score (nSPS) is 11.0. The van der Waals surface area contributed by atoms with Crippen molar-refractivity contribution >= 4 is 28.9 Å². The highest BCUT2D eigenvalue weighted by atomic mass is 32.2. The Bertz CT molecular complexity index is 922. The maximum atomic E-state index is 12.8. The van der Waals surface area contributed by atoms with Crippen molar-refractivity contribution < 1.29 is 4.79 Å². The number of allylic oxidation sites excluding steroid dienone is 1. The molecule has 136 valence electrons.